The Morgan fingerprint density at radius 1 is 1.45 bits per heavy atom. The second-order valence-electron chi connectivity index (χ2n) is 5.56. The van der Waals surface area contributed by atoms with Gasteiger partial charge in [0, 0.05) is 24.4 Å². The fourth-order valence-electron chi connectivity index (χ4n) is 2.60. The molecule has 1 aromatic carbocycles. The number of halogens is 1. The Bertz CT molecular complexity index is 452. The fraction of sp³-hybridized carbons (Fsp3) is 0.625. The summed E-state index contributed by atoms with van der Waals surface area (Å²) in [4.78, 5) is 0. The van der Waals surface area contributed by atoms with Gasteiger partial charge >= 0.3 is 0 Å². The zero-order chi connectivity index (χ0) is 14.6. The van der Waals surface area contributed by atoms with Gasteiger partial charge in [-0.15, -0.1) is 0 Å². The van der Waals surface area contributed by atoms with Crippen LogP contribution in [0.25, 0.3) is 0 Å². The smallest absolute Gasteiger partial charge is 0.167 e. The molecule has 1 aromatic rings. The monoisotopic (exact) mass is 281 g/mol. The summed E-state index contributed by atoms with van der Waals surface area (Å²) in [5.74, 6) is -0.00872. The van der Waals surface area contributed by atoms with Crippen LogP contribution in [-0.2, 0) is 4.74 Å². The van der Waals surface area contributed by atoms with E-state index in [4.69, 9.17) is 9.47 Å². The highest BCUT2D eigenvalue weighted by molar-refractivity contribution is 5.48. The van der Waals surface area contributed by atoms with Crippen molar-refractivity contribution >= 4 is 5.69 Å². The summed E-state index contributed by atoms with van der Waals surface area (Å²) < 4.78 is 24.9. The zero-order valence-electron chi connectivity index (χ0n) is 12.5. The van der Waals surface area contributed by atoms with Crippen molar-refractivity contribution in [3.05, 3.63) is 24.0 Å². The van der Waals surface area contributed by atoms with E-state index in [1.165, 1.54) is 6.07 Å². The van der Waals surface area contributed by atoms with E-state index in [0.717, 1.165) is 31.6 Å². The second kappa shape index (κ2) is 6.44. The molecule has 0 saturated carbocycles. The Morgan fingerprint density at radius 3 is 2.90 bits per heavy atom. The number of nitrogens with one attached hydrogen (secondary N) is 1. The van der Waals surface area contributed by atoms with E-state index in [9.17, 15) is 4.39 Å². The van der Waals surface area contributed by atoms with Crippen LogP contribution in [0.4, 0.5) is 10.1 Å². The van der Waals surface area contributed by atoms with E-state index < -0.39 is 0 Å². The largest absolute Gasteiger partial charge is 0.491 e. The van der Waals surface area contributed by atoms with E-state index in [1.807, 2.05) is 13.0 Å². The molecule has 2 rings (SSSR count). The van der Waals surface area contributed by atoms with Gasteiger partial charge in [0.2, 0.25) is 0 Å². The second-order valence-corrected chi connectivity index (χ2v) is 5.56. The molecule has 1 N–H and O–H groups in total. The van der Waals surface area contributed by atoms with Gasteiger partial charge in [0.05, 0.1) is 12.2 Å². The molecule has 2 unspecified atom stereocenters. The van der Waals surface area contributed by atoms with Crippen molar-refractivity contribution in [3.63, 3.8) is 0 Å². The maximum absolute atomic E-state index is 13.8. The molecule has 112 valence electrons. The maximum Gasteiger partial charge on any atom is 0.167 e. The molecule has 0 radical (unpaired) electrons. The highest BCUT2D eigenvalue weighted by Crippen LogP contribution is 2.30. The van der Waals surface area contributed by atoms with Crippen LogP contribution in [0, 0.1) is 5.82 Å². The predicted octanol–water partition coefficient (Wildman–Crippen LogP) is 3.98. The van der Waals surface area contributed by atoms with Crippen molar-refractivity contribution in [1.29, 1.82) is 0 Å². The summed E-state index contributed by atoms with van der Waals surface area (Å²) in [7, 11) is 0. The Balaban J connectivity index is 2.01. The van der Waals surface area contributed by atoms with Crippen molar-refractivity contribution in [2.45, 2.75) is 51.7 Å². The maximum atomic E-state index is 13.8. The lowest BCUT2D eigenvalue weighted by atomic mass is 9.90. The number of benzene rings is 1. The Morgan fingerprint density at radius 2 is 2.25 bits per heavy atom. The van der Waals surface area contributed by atoms with Gasteiger partial charge in [-0.05, 0) is 45.2 Å². The van der Waals surface area contributed by atoms with Crippen LogP contribution >= 0.6 is 0 Å². The highest BCUT2D eigenvalue weighted by atomic mass is 19.1. The number of hydrogen-bond acceptors (Lipinski definition) is 3. The molecular formula is C16H24FNO2. The number of hydrogen-bond donors (Lipinski definition) is 1. The van der Waals surface area contributed by atoms with Crippen molar-refractivity contribution in [2.75, 3.05) is 18.5 Å². The number of ether oxygens (including phenoxy) is 2. The molecule has 0 amide bonds. The minimum Gasteiger partial charge on any atom is -0.491 e. The molecule has 1 aliphatic heterocycles. The molecule has 0 spiro atoms. The molecular weight excluding hydrogens is 257 g/mol. The zero-order valence-corrected chi connectivity index (χ0v) is 12.5. The van der Waals surface area contributed by atoms with E-state index in [-0.39, 0.29) is 11.4 Å². The first-order chi connectivity index (χ1) is 9.56. The van der Waals surface area contributed by atoms with Gasteiger partial charge < -0.3 is 14.8 Å². The average molecular weight is 281 g/mol. The lowest BCUT2D eigenvalue weighted by Gasteiger charge is -2.38. The van der Waals surface area contributed by atoms with Crippen LogP contribution in [0.3, 0.4) is 0 Å². The molecule has 1 heterocycles. The van der Waals surface area contributed by atoms with Crippen molar-refractivity contribution < 1.29 is 13.9 Å². The van der Waals surface area contributed by atoms with Gasteiger partial charge in [-0.25, -0.2) is 4.39 Å². The third-order valence-corrected chi connectivity index (χ3v) is 3.95. The average Bonchev–Trinajstić information content (AvgIpc) is 2.42. The molecule has 2 atom stereocenters. The lowest BCUT2D eigenvalue weighted by Crippen LogP contribution is -2.41. The third-order valence-electron chi connectivity index (χ3n) is 3.95. The van der Waals surface area contributed by atoms with Crippen molar-refractivity contribution in [1.82, 2.24) is 0 Å². The molecule has 0 bridgehead atoms. The van der Waals surface area contributed by atoms with Crippen LogP contribution in [0.1, 0.15) is 40.0 Å². The van der Waals surface area contributed by atoms with Gasteiger partial charge in [0.1, 0.15) is 0 Å². The molecule has 1 saturated heterocycles. The molecule has 0 aliphatic carbocycles. The standard InChI is InChI=1S/C16H24FNO2/c1-4-16(3)11-13(8-9-20-16)18-12-6-7-15(19-5-2)14(17)10-12/h6-7,10,13,18H,4-5,8-9,11H2,1-3H3. The summed E-state index contributed by atoms with van der Waals surface area (Å²) in [6.07, 6.45) is 2.88. The first kappa shape index (κ1) is 15.1. The summed E-state index contributed by atoms with van der Waals surface area (Å²) in [6, 6.07) is 5.38. The van der Waals surface area contributed by atoms with Crippen molar-refractivity contribution in [2.24, 2.45) is 0 Å². The summed E-state index contributed by atoms with van der Waals surface area (Å²) in [5, 5.41) is 3.40. The van der Waals surface area contributed by atoms with Gasteiger partial charge in [0.25, 0.3) is 0 Å². The summed E-state index contributed by atoms with van der Waals surface area (Å²) in [5.41, 5.74) is 0.732. The van der Waals surface area contributed by atoms with Crippen LogP contribution in [-0.4, -0.2) is 24.9 Å². The van der Waals surface area contributed by atoms with Crippen LogP contribution in [0.5, 0.6) is 5.75 Å². The molecule has 1 fully saturated rings. The Kier molecular flexibility index (Phi) is 4.86. The Labute approximate surface area is 120 Å². The van der Waals surface area contributed by atoms with E-state index in [2.05, 4.69) is 19.2 Å². The van der Waals surface area contributed by atoms with Gasteiger partial charge in [-0.3, -0.25) is 0 Å². The van der Waals surface area contributed by atoms with Crippen LogP contribution < -0.4 is 10.1 Å². The van der Waals surface area contributed by atoms with Crippen LogP contribution in [0.2, 0.25) is 0 Å². The van der Waals surface area contributed by atoms with E-state index >= 15 is 0 Å². The van der Waals surface area contributed by atoms with E-state index in [1.54, 1.807) is 6.07 Å². The molecule has 3 nitrogen and oxygen atoms in total. The Hall–Kier alpha value is -1.29. The summed E-state index contributed by atoms with van der Waals surface area (Å²) >= 11 is 0. The van der Waals surface area contributed by atoms with Crippen LogP contribution in [0.15, 0.2) is 18.2 Å². The summed E-state index contributed by atoms with van der Waals surface area (Å²) in [6.45, 7) is 7.35. The minimum absolute atomic E-state index is 0.0697. The number of rotatable bonds is 5. The normalized spacial score (nSPS) is 26.3. The van der Waals surface area contributed by atoms with Gasteiger partial charge in [-0.1, -0.05) is 6.92 Å². The topological polar surface area (TPSA) is 30.5 Å². The van der Waals surface area contributed by atoms with Gasteiger partial charge in [-0.2, -0.15) is 0 Å². The minimum atomic E-state index is -0.317. The van der Waals surface area contributed by atoms with E-state index in [0.29, 0.717) is 18.4 Å². The SMILES string of the molecule is CCOc1ccc(NC2CCOC(C)(CC)C2)cc1F. The molecule has 0 aromatic heterocycles. The molecule has 1 aliphatic rings. The fourth-order valence-corrected chi connectivity index (χ4v) is 2.60. The van der Waals surface area contributed by atoms with Crippen molar-refractivity contribution in [3.8, 4) is 5.75 Å². The van der Waals surface area contributed by atoms with Gasteiger partial charge in [0.15, 0.2) is 11.6 Å². The highest BCUT2D eigenvalue weighted by Gasteiger charge is 2.31. The predicted molar refractivity (Wildman–Crippen MR) is 78.9 cm³/mol. The third kappa shape index (κ3) is 3.63. The first-order valence-electron chi connectivity index (χ1n) is 7.39. The quantitative estimate of drug-likeness (QED) is 0.885. The number of anilines is 1. The first-order valence-corrected chi connectivity index (χ1v) is 7.39. The molecule has 20 heavy (non-hydrogen) atoms. The lowest BCUT2D eigenvalue weighted by molar-refractivity contribution is -0.0708. The molecule has 4 heteroatoms.